The van der Waals surface area contributed by atoms with E-state index in [1.54, 1.807) is 25.3 Å². The fourth-order valence-corrected chi connectivity index (χ4v) is 2.49. The molecule has 19 heavy (non-hydrogen) atoms. The van der Waals surface area contributed by atoms with Crippen molar-refractivity contribution in [2.75, 3.05) is 20.2 Å². The van der Waals surface area contributed by atoms with Gasteiger partial charge in [0.05, 0.1) is 18.7 Å². The van der Waals surface area contributed by atoms with E-state index >= 15 is 0 Å². The number of carbonyl (C=O) groups is 1. The summed E-state index contributed by atoms with van der Waals surface area (Å²) in [5, 5.41) is 0.488. The van der Waals surface area contributed by atoms with Crippen LogP contribution in [0.5, 0.6) is 5.75 Å². The minimum atomic E-state index is 0.130. The zero-order chi connectivity index (χ0) is 13.8. The molecule has 0 spiro atoms. The van der Waals surface area contributed by atoms with E-state index in [9.17, 15) is 4.79 Å². The van der Waals surface area contributed by atoms with E-state index in [-0.39, 0.29) is 5.78 Å². The molecule has 1 aliphatic rings. The molecule has 0 aliphatic heterocycles. The highest BCUT2D eigenvalue weighted by atomic mass is 35.5. The molecule has 0 bridgehead atoms. The van der Waals surface area contributed by atoms with Gasteiger partial charge in [0.1, 0.15) is 5.75 Å². The van der Waals surface area contributed by atoms with Crippen molar-refractivity contribution in [3.05, 3.63) is 28.8 Å². The highest BCUT2D eigenvalue weighted by Crippen LogP contribution is 2.28. The van der Waals surface area contributed by atoms with E-state index in [1.807, 2.05) is 0 Å². The summed E-state index contributed by atoms with van der Waals surface area (Å²) in [4.78, 5) is 14.6. The molecule has 0 saturated heterocycles. The molecule has 0 aromatic heterocycles. The van der Waals surface area contributed by atoms with Crippen molar-refractivity contribution in [1.82, 2.24) is 4.90 Å². The Morgan fingerprint density at radius 1 is 1.47 bits per heavy atom. The van der Waals surface area contributed by atoms with Crippen LogP contribution in [0.3, 0.4) is 0 Å². The second-order valence-electron chi connectivity index (χ2n) is 4.97. The highest BCUT2D eigenvalue weighted by molar-refractivity contribution is 6.32. The maximum absolute atomic E-state index is 12.3. The smallest absolute Gasteiger partial charge is 0.176 e. The normalized spacial score (nSPS) is 14.7. The Hall–Kier alpha value is -1.06. The number of benzene rings is 1. The van der Waals surface area contributed by atoms with Crippen molar-refractivity contribution in [3.63, 3.8) is 0 Å². The summed E-state index contributed by atoms with van der Waals surface area (Å²) in [5.41, 5.74) is 0.660. The Balaban J connectivity index is 2.04. The molecule has 104 valence electrons. The molecule has 1 fully saturated rings. The number of nitrogens with zero attached hydrogens (tertiary/aromatic N) is 1. The molecule has 0 N–H and O–H groups in total. The Kier molecular flexibility index (Phi) is 4.83. The number of Topliss-reactive ketones (excluding diaryl/α,β-unsaturated/α-hetero) is 1. The minimum absolute atomic E-state index is 0.130. The predicted molar refractivity (Wildman–Crippen MR) is 77.2 cm³/mol. The predicted octanol–water partition coefficient (Wildman–Crippen LogP) is 3.41. The summed E-state index contributed by atoms with van der Waals surface area (Å²) in [6.45, 7) is 3.62. The van der Waals surface area contributed by atoms with Gasteiger partial charge in [-0.05, 0) is 44.0 Å². The zero-order valence-electron chi connectivity index (χ0n) is 11.5. The van der Waals surface area contributed by atoms with Crippen LogP contribution in [0.1, 0.15) is 36.5 Å². The van der Waals surface area contributed by atoms with Gasteiger partial charge in [0.2, 0.25) is 0 Å². The summed E-state index contributed by atoms with van der Waals surface area (Å²) in [6, 6.07) is 5.83. The second kappa shape index (κ2) is 6.40. The van der Waals surface area contributed by atoms with Gasteiger partial charge in [0.25, 0.3) is 0 Å². The lowest BCUT2D eigenvalue weighted by Gasteiger charge is -2.20. The van der Waals surface area contributed by atoms with Gasteiger partial charge in [-0.25, -0.2) is 0 Å². The van der Waals surface area contributed by atoms with Crippen molar-refractivity contribution in [3.8, 4) is 5.75 Å². The van der Waals surface area contributed by atoms with Crippen molar-refractivity contribution < 1.29 is 9.53 Å². The number of carbonyl (C=O) groups excluding carboxylic acids is 1. The first-order chi connectivity index (χ1) is 9.15. The number of hydrogen-bond donors (Lipinski definition) is 0. The van der Waals surface area contributed by atoms with Crippen LogP contribution in [0.2, 0.25) is 5.02 Å². The summed E-state index contributed by atoms with van der Waals surface area (Å²) in [6.07, 6.45) is 3.51. The largest absolute Gasteiger partial charge is 0.495 e. The molecule has 1 aromatic rings. The van der Waals surface area contributed by atoms with E-state index in [4.69, 9.17) is 16.3 Å². The lowest BCUT2D eigenvalue weighted by atomic mass is 10.1. The molecule has 3 nitrogen and oxygen atoms in total. The van der Waals surface area contributed by atoms with Gasteiger partial charge >= 0.3 is 0 Å². The first-order valence-electron chi connectivity index (χ1n) is 6.76. The lowest BCUT2D eigenvalue weighted by molar-refractivity contribution is 0.0924. The average Bonchev–Trinajstić information content (AvgIpc) is 3.22. The molecule has 0 radical (unpaired) electrons. The van der Waals surface area contributed by atoms with Crippen molar-refractivity contribution in [2.45, 2.75) is 32.2 Å². The monoisotopic (exact) mass is 281 g/mol. The standard InChI is InChI=1S/C15H20ClNO2/c1-3-8-17(12-5-6-12)10-14(18)11-4-7-15(19-2)13(16)9-11/h4,7,9,12H,3,5-6,8,10H2,1-2H3. The van der Waals surface area contributed by atoms with Gasteiger partial charge in [-0.3, -0.25) is 9.69 Å². The lowest BCUT2D eigenvalue weighted by Crippen LogP contribution is -2.32. The van der Waals surface area contributed by atoms with Crippen molar-refractivity contribution in [1.29, 1.82) is 0 Å². The molecule has 1 aliphatic carbocycles. The molecule has 1 aromatic carbocycles. The molecule has 2 rings (SSSR count). The molecule has 0 amide bonds. The zero-order valence-corrected chi connectivity index (χ0v) is 12.2. The fourth-order valence-electron chi connectivity index (χ4n) is 2.23. The Morgan fingerprint density at radius 2 is 2.21 bits per heavy atom. The fraction of sp³-hybridized carbons (Fsp3) is 0.533. The number of halogens is 1. The molecular weight excluding hydrogens is 262 g/mol. The van der Waals surface area contributed by atoms with Gasteiger partial charge in [-0.1, -0.05) is 18.5 Å². The van der Waals surface area contributed by atoms with Crippen molar-refractivity contribution >= 4 is 17.4 Å². The van der Waals surface area contributed by atoms with Gasteiger partial charge in [0, 0.05) is 11.6 Å². The van der Waals surface area contributed by atoms with Crippen LogP contribution in [0, 0.1) is 0 Å². The molecule has 1 saturated carbocycles. The molecule has 0 heterocycles. The maximum atomic E-state index is 12.3. The molecule has 4 heteroatoms. The summed E-state index contributed by atoms with van der Waals surface area (Å²) >= 11 is 6.06. The number of rotatable bonds is 7. The van der Waals surface area contributed by atoms with E-state index in [0.29, 0.717) is 28.9 Å². The maximum Gasteiger partial charge on any atom is 0.176 e. The van der Waals surface area contributed by atoms with E-state index < -0.39 is 0 Å². The van der Waals surface area contributed by atoms with E-state index in [1.165, 1.54) is 12.8 Å². The number of ketones is 1. The van der Waals surface area contributed by atoms with E-state index in [0.717, 1.165) is 13.0 Å². The summed E-state index contributed by atoms with van der Waals surface area (Å²) in [7, 11) is 1.57. The van der Waals surface area contributed by atoms with Crippen LogP contribution in [-0.2, 0) is 0 Å². The second-order valence-corrected chi connectivity index (χ2v) is 5.38. The van der Waals surface area contributed by atoms with Gasteiger partial charge < -0.3 is 4.74 Å². The third-order valence-corrected chi connectivity index (χ3v) is 3.69. The highest BCUT2D eigenvalue weighted by Gasteiger charge is 2.29. The topological polar surface area (TPSA) is 29.5 Å². The Morgan fingerprint density at radius 3 is 2.74 bits per heavy atom. The first-order valence-corrected chi connectivity index (χ1v) is 7.14. The quantitative estimate of drug-likeness (QED) is 0.718. The summed E-state index contributed by atoms with van der Waals surface area (Å²) < 4.78 is 5.09. The first kappa shape index (κ1) is 14.4. The number of hydrogen-bond acceptors (Lipinski definition) is 3. The Labute approximate surface area is 119 Å². The van der Waals surface area contributed by atoms with Crippen LogP contribution < -0.4 is 4.74 Å². The van der Waals surface area contributed by atoms with Crippen LogP contribution in [0.15, 0.2) is 18.2 Å². The van der Waals surface area contributed by atoms with E-state index in [2.05, 4.69) is 11.8 Å². The molecule has 0 atom stereocenters. The average molecular weight is 282 g/mol. The van der Waals surface area contributed by atoms with Gasteiger partial charge in [-0.15, -0.1) is 0 Å². The minimum Gasteiger partial charge on any atom is -0.495 e. The van der Waals surface area contributed by atoms with Gasteiger partial charge in [0.15, 0.2) is 5.78 Å². The third kappa shape index (κ3) is 3.71. The molecular formula is C15H20ClNO2. The number of methoxy groups -OCH3 is 1. The molecule has 0 unspecified atom stereocenters. The third-order valence-electron chi connectivity index (χ3n) is 3.39. The van der Waals surface area contributed by atoms with Crippen LogP contribution >= 0.6 is 11.6 Å². The van der Waals surface area contributed by atoms with Crippen LogP contribution in [0.25, 0.3) is 0 Å². The summed E-state index contributed by atoms with van der Waals surface area (Å²) in [5.74, 6) is 0.732. The number of ether oxygens (including phenoxy) is 1. The van der Waals surface area contributed by atoms with Crippen LogP contribution in [0.4, 0.5) is 0 Å². The Bertz CT molecular complexity index is 457. The SMILES string of the molecule is CCCN(CC(=O)c1ccc(OC)c(Cl)c1)C1CC1. The van der Waals surface area contributed by atoms with Crippen LogP contribution in [-0.4, -0.2) is 36.9 Å². The van der Waals surface area contributed by atoms with Crippen molar-refractivity contribution in [2.24, 2.45) is 0 Å². The van der Waals surface area contributed by atoms with Gasteiger partial charge in [-0.2, -0.15) is 0 Å².